The molecule has 3 aromatic rings. The second-order valence-corrected chi connectivity index (χ2v) is 15.8. The van der Waals surface area contributed by atoms with Gasteiger partial charge < -0.3 is 34.2 Å². The highest BCUT2D eigenvalue weighted by molar-refractivity contribution is 6.03. The smallest absolute Gasteiger partial charge is 0.269 e. The number of nitro benzene ring substituents is 1. The largest absolute Gasteiger partial charge is 0.490 e. The molecule has 0 saturated heterocycles. The number of carbonyl (C=O) groups excluding carboxylic acids is 1. The van der Waals surface area contributed by atoms with Crippen LogP contribution in [0.25, 0.3) is 6.08 Å². The summed E-state index contributed by atoms with van der Waals surface area (Å²) in [4.78, 5) is 33.6. The highest BCUT2D eigenvalue weighted by atomic mass is 16.7. The summed E-state index contributed by atoms with van der Waals surface area (Å²) in [6, 6.07) is 21.1. The van der Waals surface area contributed by atoms with Crippen molar-refractivity contribution in [1.29, 1.82) is 0 Å². The second-order valence-electron chi connectivity index (χ2n) is 15.8. The van der Waals surface area contributed by atoms with Crippen LogP contribution in [-0.4, -0.2) is 76.5 Å². The third-order valence-electron chi connectivity index (χ3n) is 11.9. The molecule has 12 heteroatoms. The minimum Gasteiger partial charge on any atom is -0.490 e. The van der Waals surface area contributed by atoms with E-state index in [1.165, 1.54) is 18.2 Å². The summed E-state index contributed by atoms with van der Waals surface area (Å²) in [5.74, 6) is -0.898. The lowest BCUT2D eigenvalue weighted by Crippen LogP contribution is -2.70. The molecule has 0 spiro atoms. The SMILES string of the molecule is C=CCOc1ccc2c(c1)[C@H]1[C@H](CCCCO)[C@@H](CCCCO)C=C3C(=NOCc4ccccc4)C[C@H](N(CCC)C(=O)C=Cc4ccc([N+](=O)[O-])cc4)[C@@](OCC=C)(O2)[C@H]31. The Morgan fingerprint density at radius 1 is 1.00 bits per heavy atom. The molecule has 6 rings (SSSR count). The van der Waals surface area contributed by atoms with Crippen LogP contribution in [0.15, 0.2) is 121 Å². The van der Waals surface area contributed by atoms with Gasteiger partial charge in [-0.25, -0.2) is 0 Å². The average Bonchev–Trinajstić information content (AvgIpc) is 3.28. The highest BCUT2D eigenvalue weighted by Crippen LogP contribution is 2.62. The van der Waals surface area contributed by atoms with E-state index >= 15 is 0 Å². The fourth-order valence-electron chi connectivity index (χ4n) is 9.28. The van der Waals surface area contributed by atoms with Crippen LogP contribution in [0.2, 0.25) is 0 Å². The normalized spacial score (nSPS) is 23.3. The van der Waals surface area contributed by atoms with Crippen molar-refractivity contribution in [2.24, 2.45) is 22.9 Å². The van der Waals surface area contributed by atoms with Crippen LogP contribution >= 0.6 is 0 Å². The first-order valence-corrected chi connectivity index (χ1v) is 21.5. The van der Waals surface area contributed by atoms with Gasteiger partial charge in [-0.05, 0) is 97.0 Å². The minimum absolute atomic E-state index is 0.0359. The van der Waals surface area contributed by atoms with Crippen LogP contribution < -0.4 is 9.47 Å². The van der Waals surface area contributed by atoms with Crippen LogP contribution in [0.4, 0.5) is 5.69 Å². The van der Waals surface area contributed by atoms with Gasteiger partial charge in [-0.2, -0.15) is 0 Å². The summed E-state index contributed by atoms with van der Waals surface area (Å²) >= 11 is 0. The number of fused-ring (bicyclic) bond motifs is 2. The van der Waals surface area contributed by atoms with Crippen molar-refractivity contribution in [3.05, 3.63) is 143 Å². The number of non-ortho nitro benzene ring substituents is 1. The molecule has 3 aromatic carbocycles. The van der Waals surface area contributed by atoms with Crippen LogP contribution in [0.5, 0.6) is 11.5 Å². The summed E-state index contributed by atoms with van der Waals surface area (Å²) in [5.41, 5.74) is 4.18. The maximum Gasteiger partial charge on any atom is 0.269 e. The standard InChI is InChI=1S/C49H59N3O9/c1-4-26-51(46(55)25-20-35-18-21-38(22-19-35)52(56)57)45-33-43(50-60-34-36-14-8-7-9-15-36)41-31-37(16-10-12-27-53)40(17-11-13-28-54)47-42-32-39(58-29-5-2)23-24-44(42)61-49(45,48(41)47)59-30-6-3/h5-9,14-15,18-25,31-32,37,40,45,47-48,53-54H,2-4,10-13,16-17,26-30,33-34H2,1H3/t37-,40+,45-,47+,48+,49+/m0/s1. The fourth-order valence-corrected chi connectivity index (χ4v) is 9.28. The predicted molar refractivity (Wildman–Crippen MR) is 236 cm³/mol. The summed E-state index contributed by atoms with van der Waals surface area (Å²) in [7, 11) is 0. The predicted octanol–water partition coefficient (Wildman–Crippen LogP) is 8.95. The van der Waals surface area contributed by atoms with Gasteiger partial charge in [0, 0.05) is 55.9 Å². The summed E-state index contributed by atoms with van der Waals surface area (Å²) in [6.45, 7) is 11.2. The lowest BCUT2D eigenvalue weighted by atomic mass is 9.55. The Kier molecular flexibility index (Phi) is 16.1. The molecule has 324 valence electrons. The molecule has 3 aliphatic rings. The Bertz CT molecular complexity index is 2050. The van der Waals surface area contributed by atoms with Crippen molar-refractivity contribution >= 4 is 23.4 Å². The molecule has 12 nitrogen and oxygen atoms in total. The first-order valence-electron chi connectivity index (χ1n) is 21.5. The number of oxime groups is 1. The van der Waals surface area contributed by atoms with E-state index in [1.807, 2.05) is 54.3 Å². The first-order chi connectivity index (χ1) is 29.8. The van der Waals surface area contributed by atoms with E-state index < -0.39 is 22.7 Å². The number of benzene rings is 3. The number of aliphatic hydroxyl groups is 2. The lowest BCUT2D eigenvalue weighted by molar-refractivity contribution is -0.384. The summed E-state index contributed by atoms with van der Waals surface area (Å²) < 4.78 is 20.5. The van der Waals surface area contributed by atoms with Crippen molar-refractivity contribution in [3.8, 4) is 11.5 Å². The van der Waals surface area contributed by atoms with Crippen molar-refractivity contribution < 1.29 is 39.0 Å². The quantitative estimate of drug-likeness (QED) is 0.0314. The Morgan fingerprint density at radius 2 is 1.74 bits per heavy atom. The van der Waals surface area contributed by atoms with Crippen molar-refractivity contribution in [3.63, 3.8) is 0 Å². The van der Waals surface area contributed by atoms with Gasteiger partial charge in [-0.1, -0.05) is 80.1 Å². The van der Waals surface area contributed by atoms with Gasteiger partial charge in [0.2, 0.25) is 11.7 Å². The van der Waals surface area contributed by atoms with Gasteiger partial charge >= 0.3 is 0 Å². The molecule has 0 unspecified atom stereocenters. The van der Waals surface area contributed by atoms with E-state index in [1.54, 1.807) is 30.4 Å². The maximum atomic E-state index is 14.7. The van der Waals surface area contributed by atoms with Crippen molar-refractivity contribution in [2.75, 3.05) is 33.0 Å². The van der Waals surface area contributed by atoms with Crippen molar-refractivity contribution in [2.45, 2.75) is 82.6 Å². The molecule has 1 saturated carbocycles. The average molecular weight is 834 g/mol. The molecule has 2 N–H and O–H groups in total. The number of hydrogen-bond donors (Lipinski definition) is 2. The van der Waals surface area contributed by atoms with Gasteiger partial charge in [-0.3, -0.25) is 14.9 Å². The molecule has 6 atom stereocenters. The number of unbranched alkanes of at least 4 members (excludes halogenated alkanes) is 2. The zero-order valence-corrected chi connectivity index (χ0v) is 35.1. The van der Waals surface area contributed by atoms with Crippen LogP contribution in [0.1, 0.15) is 80.9 Å². The molecule has 2 aliphatic carbocycles. The van der Waals surface area contributed by atoms with E-state index in [4.69, 9.17) is 24.2 Å². The molecule has 1 fully saturated rings. The minimum atomic E-state index is -1.41. The zero-order chi connectivity index (χ0) is 43.2. The molecule has 0 radical (unpaired) electrons. The van der Waals surface area contributed by atoms with Crippen LogP contribution in [0.3, 0.4) is 0 Å². The van der Waals surface area contributed by atoms with E-state index in [0.717, 1.165) is 42.4 Å². The Hall–Kier alpha value is -5.56. The van der Waals surface area contributed by atoms with Crippen LogP contribution in [-0.2, 0) is 21.0 Å². The number of allylic oxidation sites excluding steroid dienone is 1. The van der Waals surface area contributed by atoms with Gasteiger partial charge in [0.15, 0.2) is 0 Å². The summed E-state index contributed by atoms with van der Waals surface area (Å²) in [6.07, 6.45) is 14.4. The number of rotatable bonds is 23. The van der Waals surface area contributed by atoms with Gasteiger partial charge in [0.05, 0.1) is 23.2 Å². The number of amides is 1. The van der Waals surface area contributed by atoms with E-state index in [-0.39, 0.29) is 62.2 Å². The van der Waals surface area contributed by atoms with Gasteiger partial charge in [0.25, 0.3) is 5.69 Å². The molecule has 1 amide bonds. The number of carbonyl (C=O) groups is 1. The zero-order valence-electron chi connectivity index (χ0n) is 35.1. The Balaban J connectivity index is 1.55. The lowest BCUT2D eigenvalue weighted by Gasteiger charge is -2.60. The van der Waals surface area contributed by atoms with E-state index in [2.05, 4.69) is 25.3 Å². The topological polar surface area (TPSA) is 153 Å². The molecule has 0 bridgehead atoms. The Labute approximate surface area is 359 Å². The van der Waals surface area contributed by atoms with Crippen molar-refractivity contribution in [1.82, 2.24) is 4.90 Å². The molecule has 0 aromatic heterocycles. The third-order valence-corrected chi connectivity index (χ3v) is 11.9. The highest BCUT2D eigenvalue weighted by Gasteiger charge is 2.65. The molecule has 61 heavy (non-hydrogen) atoms. The molecular formula is C49H59N3O9. The Morgan fingerprint density at radius 3 is 2.43 bits per heavy atom. The summed E-state index contributed by atoms with van der Waals surface area (Å²) in [5, 5.41) is 36.0. The number of ether oxygens (including phenoxy) is 3. The van der Waals surface area contributed by atoms with E-state index in [0.29, 0.717) is 55.2 Å². The molecule has 1 aliphatic heterocycles. The molecule has 1 heterocycles. The van der Waals surface area contributed by atoms with Crippen LogP contribution in [0, 0.1) is 27.9 Å². The number of nitrogens with zero attached hydrogens (tertiary/aromatic N) is 3. The van der Waals surface area contributed by atoms with E-state index in [9.17, 15) is 25.1 Å². The maximum absolute atomic E-state index is 14.7. The fraction of sp³-hybridized carbons (Fsp3) is 0.429. The first kappa shape index (κ1) is 45.0. The monoisotopic (exact) mass is 833 g/mol. The second kappa shape index (κ2) is 21.8. The third kappa shape index (κ3) is 10.5. The van der Waals surface area contributed by atoms with Gasteiger partial charge in [0.1, 0.15) is 30.8 Å². The number of nitro groups is 1. The molecular weight excluding hydrogens is 775 g/mol. The van der Waals surface area contributed by atoms with Gasteiger partial charge in [-0.15, -0.1) is 6.58 Å². The number of aliphatic hydroxyl groups excluding tert-OH is 2. The number of hydrogen-bond acceptors (Lipinski definition) is 10.